The van der Waals surface area contributed by atoms with Crippen molar-refractivity contribution in [3.05, 3.63) is 93.5 Å². The summed E-state index contributed by atoms with van der Waals surface area (Å²) in [4.78, 5) is 17.7. The van der Waals surface area contributed by atoms with E-state index in [1.807, 2.05) is 60.7 Å². The molecule has 2 aromatic carbocycles. The monoisotopic (exact) mass is 598 g/mol. The molecule has 0 spiro atoms. The summed E-state index contributed by atoms with van der Waals surface area (Å²) in [6.45, 7) is 11.2. The quantitative estimate of drug-likeness (QED) is 0.128. The molecule has 0 aliphatic heterocycles. The first kappa shape index (κ1) is 32.0. The Labute approximate surface area is 248 Å². The molecule has 1 aromatic heterocycles. The number of carbonyl (C=O) groups is 1. The first-order chi connectivity index (χ1) is 19.2. The third-order valence-corrected chi connectivity index (χ3v) is 8.56. The van der Waals surface area contributed by atoms with Crippen molar-refractivity contribution in [3.8, 4) is 0 Å². The largest absolute Gasteiger partial charge is 0.478 e. The van der Waals surface area contributed by atoms with Crippen LogP contribution in [0.2, 0.25) is 18.1 Å². The summed E-state index contributed by atoms with van der Waals surface area (Å²) >= 11 is 6.60. The zero-order chi connectivity index (χ0) is 29.1. The number of unbranched alkanes of at least 4 members (excludes halogenated alkanes) is 1. The van der Waals surface area contributed by atoms with E-state index < -0.39 is 25.5 Å². The van der Waals surface area contributed by atoms with Crippen LogP contribution in [0.1, 0.15) is 62.0 Å². The molecule has 0 aliphatic rings. The van der Waals surface area contributed by atoms with Crippen molar-refractivity contribution < 1.29 is 18.8 Å². The first-order valence-corrected chi connectivity index (χ1v) is 18.6. The maximum absolute atomic E-state index is 12.5. The van der Waals surface area contributed by atoms with Gasteiger partial charge in [0, 0.05) is 35.3 Å². The van der Waals surface area contributed by atoms with Crippen molar-refractivity contribution in [2.24, 2.45) is 5.41 Å². The Morgan fingerprint density at radius 2 is 1.75 bits per heavy atom. The predicted octanol–water partition coefficient (Wildman–Crippen LogP) is 5.83. The molecule has 1 N–H and O–H groups in total. The lowest BCUT2D eigenvalue weighted by molar-refractivity contribution is -0.132. The second-order valence-corrected chi connectivity index (χ2v) is 12.9. The molecule has 0 saturated heterocycles. The summed E-state index contributed by atoms with van der Waals surface area (Å²) in [6.07, 6.45) is 5.25. The Morgan fingerprint density at radius 1 is 1.10 bits per heavy atom. The smallest absolute Gasteiger partial charge is 0.331 e. The van der Waals surface area contributed by atoms with Crippen molar-refractivity contribution in [2.75, 3.05) is 0 Å². The molecule has 9 heteroatoms. The van der Waals surface area contributed by atoms with Gasteiger partial charge < -0.3 is 18.5 Å². The van der Waals surface area contributed by atoms with Gasteiger partial charge in [-0.25, -0.2) is 9.78 Å². The van der Waals surface area contributed by atoms with E-state index in [0.29, 0.717) is 30.0 Å². The molecule has 0 amide bonds. The van der Waals surface area contributed by atoms with Gasteiger partial charge in [-0.05, 0) is 29.7 Å². The van der Waals surface area contributed by atoms with Crippen LogP contribution in [0.4, 0.5) is 0 Å². The van der Waals surface area contributed by atoms with Crippen LogP contribution >= 0.6 is 11.6 Å². The van der Waals surface area contributed by atoms with Crippen molar-refractivity contribution in [3.63, 3.8) is 0 Å². The van der Waals surface area contributed by atoms with Crippen LogP contribution in [0.3, 0.4) is 0 Å². The minimum Gasteiger partial charge on any atom is -0.478 e. The number of aliphatic carboxylic acids is 1. The predicted molar refractivity (Wildman–Crippen MR) is 169 cm³/mol. The third kappa shape index (κ3) is 8.75. The Bertz CT molecular complexity index is 1270. The standard InChI is InChI=1S/C31H43ClN2O4Si2/c1-6-7-17-28-33-26(20-31(2,3)30(37-39-4)38-40-5)27(34(28)21-23-15-11-12-16-25(23)32)19-24(29(35)36)18-22-13-9-8-10-14-22/h8-16,19,30H,6-7,17-18,20-21,39-40H2,1-5H3,(H,35,36)/b24-19+. The van der Waals surface area contributed by atoms with Crippen molar-refractivity contribution >= 4 is 43.2 Å². The summed E-state index contributed by atoms with van der Waals surface area (Å²) in [6, 6.07) is 17.5. The number of imidazole rings is 1. The van der Waals surface area contributed by atoms with E-state index in [-0.39, 0.29) is 11.7 Å². The average molecular weight is 599 g/mol. The van der Waals surface area contributed by atoms with Crippen molar-refractivity contribution in [1.29, 1.82) is 0 Å². The second-order valence-electron chi connectivity index (χ2n) is 10.7. The number of rotatable bonds is 16. The van der Waals surface area contributed by atoms with Gasteiger partial charge in [0.05, 0.1) is 17.9 Å². The lowest BCUT2D eigenvalue weighted by Gasteiger charge is -2.34. The number of aryl methyl sites for hydroxylation is 1. The SMILES string of the molecule is CCCCc1nc(CC(C)(C)C(O[SiH2]C)O[SiH2]C)c(/C=C(\Cc2ccccc2)C(=O)O)n1Cc1ccccc1Cl. The Morgan fingerprint density at radius 3 is 2.35 bits per heavy atom. The maximum atomic E-state index is 12.5. The number of hydrogen-bond acceptors (Lipinski definition) is 4. The molecule has 0 radical (unpaired) electrons. The van der Waals surface area contributed by atoms with Crippen LogP contribution < -0.4 is 0 Å². The average Bonchev–Trinajstić information content (AvgIpc) is 3.23. The van der Waals surface area contributed by atoms with Gasteiger partial charge in [0.15, 0.2) is 19.5 Å². The molecule has 0 fully saturated rings. The molecular weight excluding hydrogens is 556 g/mol. The summed E-state index contributed by atoms with van der Waals surface area (Å²) in [5.74, 6) is 0.00423. The van der Waals surface area contributed by atoms with Crippen LogP contribution in [-0.4, -0.2) is 46.4 Å². The number of nitrogens with zero attached hydrogens (tertiary/aromatic N) is 2. The zero-order valence-corrected chi connectivity index (χ0v) is 28.0. The number of halogens is 1. The molecule has 1 heterocycles. The van der Waals surface area contributed by atoms with E-state index in [9.17, 15) is 9.90 Å². The number of carboxylic acids is 1. The molecule has 3 rings (SSSR count). The molecule has 0 atom stereocenters. The van der Waals surface area contributed by atoms with Crippen molar-refractivity contribution in [1.82, 2.24) is 9.55 Å². The van der Waals surface area contributed by atoms with Gasteiger partial charge in [-0.3, -0.25) is 0 Å². The van der Waals surface area contributed by atoms with Crippen LogP contribution in [0, 0.1) is 5.41 Å². The fourth-order valence-electron chi connectivity index (χ4n) is 4.84. The Balaban J connectivity index is 2.20. The van der Waals surface area contributed by atoms with Crippen LogP contribution in [0.5, 0.6) is 0 Å². The number of aromatic nitrogens is 2. The normalized spacial score (nSPS) is 13.6. The molecule has 3 aromatic rings. The molecule has 40 heavy (non-hydrogen) atoms. The van der Waals surface area contributed by atoms with E-state index in [1.165, 1.54) is 0 Å². The Kier molecular flexibility index (Phi) is 12.4. The molecule has 0 aliphatic carbocycles. The van der Waals surface area contributed by atoms with Gasteiger partial charge >= 0.3 is 5.97 Å². The lowest BCUT2D eigenvalue weighted by atomic mass is 9.86. The highest BCUT2D eigenvalue weighted by atomic mass is 35.5. The van der Waals surface area contributed by atoms with Crippen LogP contribution in [0.25, 0.3) is 6.08 Å². The summed E-state index contributed by atoms with van der Waals surface area (Å²) in [5, 5.41) is 11.0. The second kappa shape index (κ2) is 15.5. The molecule has 0 bridgehead atoms. The van der Waals surface area contributed by atoms with Gasteiger partial charge in [0.1, 0.15) is 12.1 Å². The van der Waals surface area contributed by atoms with E-state index >= 15 is 0 Å². The maximum Gasteiger partial charge on any atom is 0.331 e. The Hall–Kier alpha value is -2.50. The molecular formula is C31H43ClN2O4Si2. The fraction of sp³-hybridized carbons (Fsp3) is 0.419. The summed E-state index contributed by atoms with van der Waals surface area (Å²) < 4.78 is 14.5. The van der Waals surface area contributed by atoms with Gasteiger partial charge in [-0.15, -0.1) is 0 Å². The van der Waals surface area contributed by atoms with Gasteiger partial charge in [0.25, 0.3) is 0 Å². The minimum absolute atomic E-state index is 0.297. The summed E-state index contributed by atoms with van der Waals surface area (Å²) in [7, 11) is -1.37. The van der Waals surface area contributed by atoms with Gasteiger partial charge in [-0.1, -0.05) is 100 Å². The topological polar surface area (TPSA) is 73.6 Å². The highest BCUT2D eigenvalue weighted by Crippen LogP contribution is 2.32. The van der Waals surface area contributed by atoms with E-state index in [0.717, 1.165) is 47.6 Å². The van der Waals surface area contributed by atoms with E-state index in [1.54, 1.807) is 0 Å². The molecule has 0 saturated carbocycles. The van der Waals surface area contributed by atoms with Crippen LogP contribution in [0.15, 0.2) is 60.2 Å². The minimum atomic E-state index is -0.937. The lowest BCUT2D eigenvalue weighted by Crippen LogP contribution is -2.38. The van der Waals surface area contributed by atoms with E-state index in [2.05, 4.69) is 38.4 Å². The molecule has 216 valence electrons. The highest BCUT2D eigenvalue weighted by Gasteiger charge is 2.33. The zero-order valence-electron chi connectivity index (χ0n) is 24.5. The fourth-order valence-corrected chi connectivity index (χ4v) is 6.93. The number of carboxylic acid groups (broad SMARTS) is 1. The van der Waals surface area contributed by atoms with E-state index in [4.69, 9.17) is 25.4 Å². The summed E-state index contributed by atoms with van der Waals surface area (Å²) in [5.41, 5.74) is 3.57. The first-order valence-electron chi connectivity index (χ1n) is 14.2. The third-order valence-electron chi connectivity index (χ3n) is 6.92. The van der Waals surface area contributed by atoms with Gasteiger partial charge in [0.2, 0.25) is 0 Å². The highest BCUT2D eigenvalue weighted by molar-refractivity contribution is 6.31. The van der Waals surface area contributed by atoms with Crippen molar-refractivity contribution in [2.45, 2.75) is 78.8 Å². The number of hydrogen-bond donors (Lipinski definition) is 1. The van der Waals surface area contributed by atoms with Crippen LogP contribution in [-0.2, 0) is 39.5 Å². The molecule has 0 unspecified atom stereocenters. The number of benzene rings is 2. The molecule has 6 nitrogen and oxygen atoms in total. The van der Waals surface area contributed by atoms with Gasteiger partial charge in [-0.2, -0.15) is 0 Å².